The molecule has 1 atom stereocenters. The van der Waals surface area contributed by atoms with E-state index in [1.165, 1.54) is 108 Å². The molecule has 43 heavy (non-hydrogen) atoms. The Balaban J connectivity index is 1.73. The molecule has 0 aliphatic rings. The summed E-state index contributed by atoms with van der Waals surface area (Å²) in [7, 11) is 0. The molecule has 0 aromatic heterocycles. The van der Waals surface area contributed by atoms with Gasteiger partial charge in [0.25, 0.3) is 0 Å². The number of rotatable bonds is 25. The van der Waals surface area contributed by atoms with Crippen LogP contribution in [0.1, 0.15) is 153 Å². The van der Waals surface area contributed by atoms with Crippen LogP contribution in [0.2, 0.25) is 0 Å². The van der Waals surface area contributed by atoms with E-state index in [1.807, 2.05) is 12.1 Å². The molecule has 0 aliphatic carbocycles. The summed E-state index contributed by atoms with van der Waals surface area (Å²) in [5.41, 5.74) is 0.846. The van der Waals surface area contributed by atoms with Gasteiger partial charge in [-0.2, -0.15) is 0 Å². The molecule has 240 valence electrons. The van der Waals surface area contributed by atoms with Crippen molar-refractivity contribution in [1.29, 1.82) is 0 Å². The molecule has 0 radical (unpaired) electrons. The number of carbonyl (C=O) groups excluding carboxylic acids is 1. The van der Waals surface area contributed by atoms with Crippen molar-refractivity contribution in [1.82, 2.24) is 0 Å². The SMILES string of the molecule is CCCCCCCCCCCCCCCCCCNc1ccc(OC(CC)CCC)c(C(=O)Oc2cccccc2=O)c1. The predicted molar refractivity (Wildman–Crippen MR) is 182 cm³/mol. The van der Waals surface area contributed by atoms with Crippen LogP contribution in [0, 0.1) is 0 Å². The summed E-state index contributed by atoms with van der Waals surface area (Å²) in [6.07, 6.45) is 24.4. The van der Waals surface area contributed by atoms with E-state index in [4.69, 9.17) is 9.47 Å². The first-order valence-corrected chi connectivity index (χ1v) is 17.4. The van der Waals surface area contributed by atoms with E-state index in [2.05, 4.69) is 26.1 Å². The molecule has 0 spiro atoms. The third kappa shape index (κ3) is 16.0. The van der Waals surface area contributed by atoms with Gasteiger partial charge >= 0.3 is 5.97 Å². The van der Waals surface area contributed by atoms with Crippen LogP contribution >= 0.6 is 0 Å². The third-order valence-electron chi connectivity index (χ3n) is 8.08. The maximum absolute atomic E-state index is 13.2. The van der Waals surface area contributed by atoms with Gasteiger partial charge in [-0.1, -0.05) is 142 Å². The average Bonchev–Trinajstić information content (AvgIpc) is 3.22. The molecule has 5 nitrogen and oxygen atoms in total. The highest BCUT2D eigenvalue weighted by molar-refractivity contribution is 5.95. The Morgan fingerprint density at radius 1 is 0.674 bits per heavy atom. The first kappa shape index (κ1) is 36.4. The topological polar surface area (TPSA) is 64.6 Å². The molecule has 2 rings (SSSR count). The summed E-state index contributed by atoms with van der Waals surface area (Å²) in [6, 6.07) is 13.5. The Bertz CT molecular complexity index is 1070. The van der Waals surface area contributed by atoms with Gasteiger partial charge in [-0.25, -0.2) is 4.79 Å². The number of esters is 1. The molecule has 0 saturated carbocycles. The fraction of sp³-hybridized carbons (Fsp3) is 0.632. The first-order valence-electron chi connectivity index (χ1n) is 17.4. The van der Waals surface area contributed by atoms with Crippen LogP contribution in [0.3, 0.4) is 0 Å². The van der Waals surface area contributed by atoms with Crippen LogP contribution in [0.15, 0.2) is 53.3 Å². The Morgan fingerprint density at radius 3 is 1.84 bits per heavy atom. The number of hydrogen-bond donors (Lipinski definition) is 1. The molecule has 2 aromatic carbocycles. The van der Waals surface area contributed by atoms with Gasteiger partial charge in [0, 0.05) is 12.2 Å². The monoisotopic (exact) mass is 593 g/mol. The highest BCUT2D eigenvalue weighted by Crippen LogP contribution is 2.27. The summed E-state index contributed by atoms with van der Waals surface area (Å²) in [5, 5.41) is 3.46. The fourth-order valence-corrected chi connectivity index (χ4v) is 5.41. The van der Waals surface area contributed by atoms with E-state index in [0.717, 1.165) is 37.9 Å². The van der Waals surface area contributed by atoms with Crippen LogP contribution in [0.4, 0.5) is 5.69 Å². The van der Waals surface area contributed by atoms with Crippen molar-refractivity contribution in [2.45, 2.75) is 149 Å². The van der Waals surface area contributed by atoms with Crippen LogP contribution in [-0.2, 0) is 0 Å². The number of anilines is 1. The molecule has 2 aromatic rings. The zero-order valence-corrected chi connectivity index (χ0v) is 27.5. The third-order valence-corrected chi connectivity index (χ3v) is 8.08. The van der Waals surface area contributed by atoms with Crippen molar-refractivity contribution < 1.29 is 14.3 Å². The minimum Gasteiger partial charge on any atom is -0.490 e. The molecule has 0 heterocycles. The molecule has 0 bridgehead atoms. The number of benzene rings is 1. The standard InChI is InChI=1S/C38H59NO4/c1-4-7-8-9-10-11-12-13-14-15-16-17-18-19-20-24-30-39-32-28-29-36(42-33(6-3)25-5-2)34(31-32)38(41)43-37-27-23-21-22-26-35(37)40/h21-23,26-29,31,33,39H,4-20,24-25,30H2,1-3H3. The molecule has 1 unspecified atom stereocenters. The zero-order chi connectivity index (χ0) is 31.0. The van der Waals surface area contributed by atoms with Crippen molar-refractivity contribution >= 4 is 11.7 Å². The lowest BCUT2D eigenvalue weighted by molar-refractivity contribution is 0.0724. The zero-order valence-electron chi connectivity index (χ0n) is 27.5. The predicted octanol–water partition coefficient (Wildman–Crippen LogP) is 10.9. The minimum atomic E-state index is -0.587. The van der Waals surface area contributed by atoms with E-state index in [-0.39, 0.29) is 17.3 Å². The van der Waals surface area contributed by atoms with Gasteiger partial charge in [-0.3, -0.25) is 4.79 Å². The Kier molecular flexibility index (Phi) is 20.0. The van der Waals surface area contributed by atoms with Crippen LogP contribution < -0.4 is 20.2 Å². The minimum absolute atomic E-state index is 0.00748. The highest BCUT2D eigenvalue weighted by Gasteiger charge is 2.19. The van der Waals surface area contributed by atoms with Gasteiger partial charge in [-0.05, 0) is 49.6 Å². The number of hydrogen-bond acceptors (Lipinski definition) is 5. The van der Waals surface area contributed by atoms with E-state index in [9.17, 15) is 9.59 Å². The largest absolute Gasteiger partial charge is 0.490 e. The smallest absolute Gasteiger partial charge is 0.347 e. The summed E-state index contributed by atoms with van der Waals surface area (Å²) in [6.45, 7) is 7.33. The fourth-order valence-electron chi connectivity index (χ4n) is 5.41. The summed E-state index contributed by atoms with van der Waals surface area (Å²) in [5.74, 6) is -0.0881. The van der Waals surface area contributed by atoms with Gasteiger partial charge in [0.05, 0.1) is 6.10 Å². The van der Waals surface area contributed by atoms with Crippen molar-refractivity contribution in [3.8, 4) is 11.5 Å². The van der Waals surface area contributed by atoms with Crippen molar-refractivity contribution in [3.63, 3.8) is 0 Å². The van der Waals surface area contributed by atoms with Gasteiger partial charge in [0.15, 0.2) is 5.75 Å². The molecule has 5 heteroatoms. The Labute approximate surface area is 262 Å². The van der Waals surface area contributed by atoms with E-state index in [1.54, 1.807) is 24.3 Å². The quantitative estimate of drug-likeness (QED) is 0.0916. The molecule has 1 N–H and O–H groups in total. The van der Waals surface area contributed by atoms with Gasteiger partial charge in [0.1, 0.15) is 11.3 Å². The van der Waals surface area contributed by atoms with Crippen LogP contribution in [0.5, 0.6) is 11.5 Å². The molecule has 0 fully saturated rings. The van der Waals surface area contributed by atoms with Gasteiger partial charge < -0.3 is 14.8 Å². The molecule has 0 saturated heterocycles. The maximum atomic E-state index is 13.2. The number of nitrogens with one attached hydrogen (secondary N) is 1. The van der Waals surface area contributed by atoms with Crippen molar-refractivity contribution in [2.75, 3.05) is 11.9 Å². The Morgan fingerprint density at radius 2 is 1.26 bits per heavy atom. The van der Waals surface area contributed by atoms with Crippen LogP contribution in [-0.4, -0.2) is 18.6 Å². The normalized spacial score (nSPS) is 11.7. The average molecular weight is 594 g/mol. The van der Waals surface area contributed by atoms with E-state index < -0.39 is 5.97 Å². The lowest BCUT2D eigenvalue weighted by Crippen LogP contribution is -2.19. The highest BCUT2D eigenvalue weighted by atomic mass is 16.5. The lowest BCUT2D eigenvalue weighted by Gasteiger charge is -2.19. The molecular weight excluding hydrogens is 534 g/mol. The van der Waals surface area contributed by atoms with E-state index in [0.29, 0.717) is 11.3 Å². The number of unbranched alkanes of at least 4 members (excludes halogenated alkanes) is 15. The number of ether oxygens (including phenoxy) is 2. The van der Waals surface area contributed by atoms with Gasteiger partial charge in [-0.15, -0.1) is 0 Å². The summed E-state index contributed by atoms with van der Waals surface area (Å²) in [4.78, 5) is 25.5. The first-order chi connectivity index (χ1) is 21.1. The van der Waals surface area contributed by atoms with Crippen LogP contribution in [0.25, 0.3) is 0 Å². The second kappa shape index (κ2) is 23.6. The maximum Gasteiger partial charge on any atom is 0.347 e. The second-order valence-corrected chi connectivity index (χ2v) is 11.9. The molecular formula is C38H59NO4. The van der Waals surface area contributed by atoms with E-state index >= 15 is 0 Å². The summed E-state index contributed by atoms with van der Waals surface area (Å²) >= 11 is 0. The Hall–Kier alpha value is -2.82. The van der Waals surface area contributed by atoms with Crippen molar-refractivity contribution in [3.05, 3.63) is 64.3 Å². The summed E-state index contributed by atoms with van der Waals surface area (Å²) < 4.78 is 11.8. The van der Waals surface area contributed by atoms with Gasteiger partial charge in [0.2, 0.25) is 5.43 Å². The van der Waals surface area contributed by atoms with Crippen molar-refractivity contribution in [2.24, 2.45) is 0 Å². The molecule has 0 amide bonds. The molecule has 0 aliphatic heterocycles. The number of carbonyl (C=O) groups is 1. The lowest BCUT2D eigenvalue weighted by atomic mass is 10.0. The second-order valence-electron chi connectivity index (χ2n) is 11.9.